The minimum atomic E-state index is -3.29. The molecule has 3 rings (SSSR count). The van der Waals surface area contributed by atoms with E-state index in [0.29, 0.717) is 19.0 Å². The standard InChI is InChI=1S/C17H24N4O2S2/c1-13-12-24-17(18-13)16-6-4-5-15(19-16)11-14-7-9-21(10-8-14)25(22,23)20(2)3/h4-6,12,14H,7-11H2,1-3H3. The Bertz CT molecular complexity index is 825. The van der Waals surface area contributed by atoms with Gasteiger partial charge in [-0.3, -0.25) is 4.98 Å². The van der Waals surface area contributed by atoms with Crippen molar-refractivity contribution in [1.29, 1.82) is 0 Å². The fourth-order valence-corrected chi connectivity index (χ4v) is 4.95. The van der Waals surface area contributed by atoms with Crippen molar-refractivity contribution in [3.05, 3.63) is 35.0 Å². The molecule has 1 fully saturated rings. The average molecular weight is 381 g/mol. The second-order valence-corrected chi connectivity index (χ2v) is 9.65. The van der Waals surface area contributed by atoms with Gasteiger partial charge in [-0.15, -0.1) is 11.3 Å². The molecule has 0 N–H and O–H groups in total. The van der Waals surface area contributed by atoms with E-state index < -0.39 is 10.2 Å². The van der Waals surface area contributed by atoms with E-state index >= 15 is 0 Å². The number of hydrogen-bond acceptors (Lipinski definition) is 5. The largest absolute Gasteiger partial charge is 0.281 e. The molecule has 0 unspecified atom stereocenters. The SMILES string of the molecule is Cc1csc(-c2cccc(CC3CCN(S(=O)(=O)N(C)C)CC3)n2)n1. The molecular formula is C17H24N4O2S2. The summed E-state index contributed by atoms with van der Waals surface area (Å²) in [5.41, 5.74) is 2.99. The highest BCUT2D eigenvalue weighted by Gasteiger charge is 2.29. The molecule has 1 saturated heterocycles. The van der Waals surface area contributed by atoms with Crippen molar-refractivity contribution >= 4 is 21.5 Å². The Labute approximate surface area is 153 Å². The lowest BCUT2D eigenvalue weighted by Crippen LogP contribution is -2.44. The number of thiazole rings is 1. The molecule has 136 valence electrons. The van der Waals surface area contributed by atoms with E-state index in [-0.39, 0.29) is 0 Å². The van der Waals surface area contributed by atoms with Crippen LogP contribution in [-0.2, 0) is 16.6 Å². The average Bonchev–Trinajstić information content (AvgIpc) is 3.02. The number of hydrogen-bond donors (Lipinski definition) is 0. The number of nitrogens with zero attached hydrogens (tertiary/aromatic N) is 4. The zero-order valence-corrected chi connectivity index (χ0v) is 16.5. The van der Waals surface area contributed by atoms with Gasteiger partial charge in [-0.2, -0.15) is 17.0 Å². The summed E-state index contributed by atoms with van der Waals surface area (Å²) in [5, 5.41) is 2.98. The van der Waals surface area contributed by atoms with Gasteiger partial charge in [0.15, 0.2) is 0 Å². The van der Waals surface area contributed by atoms with E-state index in [1.807, 2.05) is 30.5 Å². The molecule has 0 saturated carbocycles. The fraction of sp³-hybridized carbons (Fsp3) is 0.529. The van der Waals surface area contributed by atoms with Crippen LogP contribution < -0.4 is 0 Å². The van der Waals surface area contributed by atoms with E-state index in [9.17, 15) is 8.42 Å². The first kappa shape index (κ1) is 18.4. The summed E-state index contributed by atoms with van der Waals surface area (Å²) in [4.78, 5) is 9.25. The Kier molecular flexibility index (Phi) is 5.52. The van der Waals surface area contributed by atoms with Gasteiger partial charge < -0.3 is 0 Å². The number of rotatable bonds is 5. The Morgan fingerprint density at radius 1 is 1.24 bits per heavy atom. The van der Waals surface area contributed by atoms with E-state index in [2.05, 4.69) is 4.98 Å². The van der Waals surface area contributed by atoms with Crippen molar-refractivity contribution in [3.8, 4) is 10.7 Å². The summed E-state index contributed by atoms with van der Waals surface area (Å²) >= 11 is 1.61. The van der Waals surface area contributed by atoms with E-state index in [4.69, 9.17) is 4.98 Å². The van der Waals surface area contributed by atoms with Crippen LogP contribution in [0, 0.1) is 12.8 Å². The third-order valence-electron chi connectivity index (χ3n) is 4.50. The third kappa shape index (κ3) is 4.25. The van der Waals surface area contributed by atoms with Crippen LogP contribution in [0.5, 0.6) is 0 Å². The predicted octanol–water partition coefficient (Wildman–Crippen LogP) is 2.57. The maximum absolute atomic E-state index is 12.2. The molecule has 8 heteroatoms. The van der Waals surface area contributed by atoms with Gasteiger partial charge in [0.2, 0.25) is 0 Å². The smallest absolute Gasteiger partial charge is 0.250 e. The minimum absolute atomic E-state index is 0.467. The molecule has 0 atom stereocenters. The van der Waals surface area contributed by atoms with Crippen molar-refractivity contribution in [2.24, 2.45) is 5.92 Å². The molecular weight excluding hydrogens is 356 g/mol. The second-order valence-electron chi connectivity index (χ2n) is 6.64. The van der Waals surface area contributed by atoms with Gasteiger partial charge in [0.05, 0.1) is 5.69 Å². The van der Waals surface area contributed by atoms with Gasteiger partial charge in [0, 0.05) is 44.0 Å². The third-order valence-corrected chi connectivity index (χ3v) is 7.43. The zero-order valence-electron chi connectivity index (χ0n) is 14.8. The number of aromatic nitrogens is 2. The molecule has 0 bridgehead atoms. The summed E-state index contributed by atoms with van der Waals surface area (Å²) in [7, 11) is -0.131. The van der Waals surface area contributed by atoms with Crippen LogP contribution in [0.1, 0.15) is 24.2 Å². The van der Waals surface area contributed by atoms with E-state index in [0.717, 1.165) is 41.4 Å². The lowest BCUT2D eigenvalue weighted by molar-refractivity contribution is 0.261. The first-order valence-electron chi connectivity index (χ1n) is 8.42. The zero-order chi connectivity index (χ0) is 18.0. The molecule has 0 aliphatic carbocycles. The van der Waals surface area contributed by atoms with Gasteiger partial charge in [0.25, 0.3) is 10.2 Å². The van der Waals surface area contributed by atoms with Crippen LogP contribution in [0.15, 0.2) is 23.6 Å². The van der Waals surface area contributed by atoms with Crippen LogP contribution in [-0.4, -0.2) is 54.2 Å². The lowest BCUT2D eigenvalue weighted by atomic mass is 9.93. The highest BCUT2D eigenvalue weighted by molar-refractivity contribution is 7.86. The van der Waals surface area contributed by atoms with Gasteiger partial charge in [0.1, 0.15) is 5.01 Å². The first-order valence-corrected chi connectivity index (χ1v) is 10.7. The Morgan fingerprint density at radius 3 is 2.56 bits per heavy atom. The van der Waals surface area contributed by atoms with Crippen molar-refractivity contribution in [2.45, 2.75) is 26.2 Å². The molecule has 6 nitrogen and oxygen atoms in total. The summed E-state index contributed by atoms with van der Waals surface area (Å²) in [6.07, 6.45) is 2.62. The van der Waals surface area contributed by atoms with Crippen LogP contribution in [0.25, 0.3) is 10.7 Å². The number of aryl methyl sites for hydroxylation is 1. The lowest BCUT2D eigenvalue weighted by Gasteiger charge is -2.32. The fourth-order valence-electron chi connectivity index (χ4n) is 3.05. The first-order chi connectivity index (χ1) is 11.9. The normalized spacial score (nSPS) is 17.3. The molecule has 2 aromatic rings. The molecule has 0 radical (unpaired) electrons. The molecule has 2 aromatic heterocycles. The van der Waals surface area contributed by atoms with Crippen molar-refractivity contribution < 1.29 is 8.42 Å². The van der Waals surface area contributed by atoms with Gasteiger partial charge in [-0.25, -0.2) is 4.98 Å². The highest BCUT2D eigenvalue weighted by atomic mass is 32.2. The predicted molar refractivity (Wildman–Crippen MR) is 101 cm³/mol. The topological polar surface area (TPSA) is 66.4 Å². The van der Waals surface area contributed by atoms with Crippen molar-refractivity contribution in [3.63, 3.8) is 0 Å². The summed E-state index contributed by atoms with van der Waals surface area (Å²) in [5.74, 6) is 0.467. The van der Waals surface area contributed by atoms with Crippen molar-refractivity contribution in [1.82, 2.24) is 18.6 Å². The molecule has 0 amide bonds. The highest BCUT2D eigenvalue weighted by Crippen LogP contribution is 2.26. The maximum Gasteiger partial charge on any atom is 0.281 e. The molecule has 25 heavy (non-hydrogen) atoms. The number of piperidine rings is 1. The van der Waals surface area contributed by atoms with E-state index in [1.54, 1.807) is 29.7 Å². The minimum Gasteiger partial charge on any atom is -0.250 e. The monoisotopic (exact) mass is 380 g/mol. The van der Waals surface area contributed by atoms with Crippen LogP contribution in [0.4, 0.5) is 0 Å². The quantitative estimate of drug-likeness (QED) is 0.800. The van der Waals surface area contributed by atoms with Crippen molar-refractivity contribution in [2.75, 3.05) is 27.2 Å². The van der Waals surface area contributed by atoms with Crippen LogP contribution >= 0.6 is 11.3 Å². The van der Waals surface area contributed by atoms with Crippen LogP contribution in [0.2, 0.25) is 0 Å². The summed E-state index contributed by atoms with van der Waals surface area (Å²) in [6.45, 7) is 3.15. The van der Waals surface area contributed by atoms with Gasteiger partial charge >= 0.3 is 0 Å². The van der Waals surface area contributed by atoms with E-state index in [1.165, 1.54) is 4.31 Å². The number of pyridine rings is 1. The molecule has 0 spiro atoms. The summed E-state index contributed by atoms with van der Waals surface area (Å²) < 4.78 is 27.2. The Hall–Kier alpha value is -1.35. The Morgan fingerprint density at radius 2 is 1.96 bits per heavy atom. The molecule has 1 aliphatic heterocycles. The second kappa shape index (κ2) is 7.49. The molecule has 1 aliphatic rings. The van der Waals surface area contributed by atoms with Gasteiger partial charge in [-0.1, -0.05) is 6.07 Å². The Balaban J connectivity index is 1.63. The van der Waals surface area contributed by atoms with Crippen LogP contribution in [0.3, 0.4) is 0 Å². The van der Waals surface area contributed by atoms with Gasteiger partial charge in [-0.05, 0) is 44.2 Å². The molecule has 0 aromatic carbocycles. The molecule has 3 heterocycles. The summed E-state index contributed by atoms with van der Waals surface area (Å²) in [6, 6.07) is 6.07. The maximum atomic E-state index is 12.2.